The normalized spacial score (nSPS) is 19.1. The van der Waals surface area contributed by atoms with Gasteiger partial charge in [-0.1, -0.05) is 26.0 Å². The molecule has 3 N–H and O–H groups in total. The van der Waals surface area contributed by atoms with Crippen molar-refractivity contribution in [2.75, 3.05) is 26.2 Å². The van der Waals surface area contributed by atoms with Gasteiger partial charge < -0.3 is 20.7 Å². The first-order chi connectivity index (χ1) is 12.6. The van der Waals surface area contributed by atoms with Crippen LogP contribution in [0.3, 0.4) is 0 Å². The molecule has 1 unspecified atom stereocenters. The first kappa shape index (κ1) is 21.2. The number of carbonyl (C=O) groups is 2. The molecule has 2 atom stereocenters. The van der Waals surface area contributed by atoms with E-state index in [0.717, 1.165) is 12.1 Å². The third-order valence-corrected chi connectivity index (χ3v) is 4.44. The fourth-order valence-electron chi connectivity index (χ4n) is 2.69. The van der Waals surface area contributed by atoms with Gasteiger partial charge in [0, 0.05) is 6.54 Å². The van der Waals surface area contributed by atoms with Gasteiger partial charge in [0.05, 0.1) is 31.3 Å². The molecule has 1 saturated heterocycles. The van der Waals surface area contributed by atoms with E-state index in [4.69, 9.17) is 10.5 Å². The molecule has 6 nitrogen and oxygen atoms in total. The van der Waals surface area contributed by atoms with Gasteiger partial charge in [-0.3, -0.25) is 9.59 Å². The van der Waals surface area contributed by atoms with Gasteiger partial charge in [0.25, 0.3) is 0 Å². The Morgan fingerprint density at radius 1 is 1.37 bits per heavy atom. The molecule has 150 valence electrons. The lowest BCUT2D eigenvalue weighted by atomic mass is 10.0. The molecule has 1 aromatic rings. The summed E-state index contributed by atoms with van der Waals surface area (Å²) >= 11 is 0. The first-order valence-corrected chi connectivity index (χ1v) is 8.69. The molecule has 0 radical (unpaired) electrons. The van der Waals surface area contributed by atoms with Gasteiger partial charge in [-0.25, -0.2) is 0 Å². The van der Waals surface area contributed by atoms with Crippen LogP contribution in [0.25, 0.3) is 0 Å². The summed E-state index contributed by atoms with van der Waals surface area (Å²) in [5.74, 6) is -0.811. The highest BCUT2D eigenvalue weighted by molar-refractivity contribution is 5.87. The van der Waals surface area contributed by atoms with Crippen LogP contribution in [0, 0.1) is 5.92 Å². The van der Waals surface area contributed by atoms with Crippen molar-refractivity contribution in [1.82, 2.24) is 10.2 Å². The fraction of sp³-hybridized carbons (Fsp3) is 0.556. The molecule has 1 aromatic carbocycles. The highest BCUT2D eigenvalue weighted by atomic mass is 19.4. The van der Waals surface area contributed by atoms with Crippen LogP contribution in [0.5, 0.6) is 0 Å². The number of carbonyl (C=O) groups excluding carboxylic acids is 2. The molecule has 1 aliphatic heterocycles. The number of halogens is 3. The van der Waals surface area contributed by atoms with Crippen molar-refractivity contribution in [2.24, 2.45) is 11.7 Å². The second-order valence-electron chi connectivity index (χ2n) is 6.81. The number of alkyl halides is 3. The lowest BCUT2D eigenvalue weighted by Crippen LogP contribution is -2.50. The summed E-state index contributed by atoms with van der Waals surface area (Å²) in [6.07, 6.45) is -5.10. The Hall–Kier alpha value is -2.13. The van der Waals surface area contributed by atoms with Crippen molar-refractivity contribution in [3.63, 3.8) is 0 Å². The van der Waals surface area contributed by atoms with Crippen LogP contribution in [0.4, 0.5) is 13.2 Å². The molecule has 0 aliphatic carbocycles. The number of ether oxygens (including phenoxy) is 1. The van der Waals surface area contributed by atoms with Gasteiger partial charge in [0.15, 0.2) is 0 Å². The van der Waals surface area contributed by atoms with E-state index in [-0.39, 0.29) is 31.5 Å². The summed E-state index contributed by atoms with van der Waals surface area (Å²) < 4.78 is 44.2. The molecule has 1 aliphatic rings. The number of rotatable bonds is 5. The van der Waals surface area contributed by atoms with E-state index < -0.39 is 29.8 Å². The van der Waals surface area contributed by atoms with Crippen molar-refractivity contribution in [1.29, 1.82) is 0 Å². The number of nitrogens with zero attached hydrogens (tertiary/aromatic N) is 1. The maximum absolute atomic E-state index is 12.9. The maximum Gasteiger partial charge on any atom is 0.416 e. The van der Waals surface area contributed by atoms with Gasteiger partial charge >= 0.3 is 6.18 Å². The second-order valence-corrected chi connectivity index (χ2v) is 6.81. The van der Waals surface area contributed by atoms with Gasteiger partial charge in [-0.15, -0.1) is 0 Å². The molecule has 1 heterocycles. The zero-order chi connectivity index (χ0) is 20.2. The standard InChI is InChI=1S/C18H24F3N3O3/c1-11(2)16(22)17(26)23-9-15(25)24-6-7-27-14(10-24)12-4-3-5-13(8-12)18(19,20)21/h3-5,8,11,14,16H,6-7,9-10,22H2,1-2H3,(H,23,26)/t14?,16-/m0/s1. The number of benzene rings is 1. The Kier molecular flexibility index (Phi) is 6.83. The Bertz CT molecular complexity index is 679. The third-order valence-electron chi connectivity index (χ3n) is 4.44. The van der Waals surface area contributed by atoms with E-state index in [1.165, 1.54) is 17.0 Å². The molecule has 0 aromatic heterocycles. The van der Waals surface area contributed by atoms with Crippen LogP contribution < -0.4 is 11.1 Å². The molecule has 27 heavy (non-hydrogen) atoms. The van der Waals surface area contributed by atoms with Gasteiger partial charge in [-0.2, -0.15) is 13.2 Å². The Morgan fingerprint density at radius 2 is 2.07 bits per heavy atom. The summed E-state index contributed by atoms with van der Waals surface area (Å²) in [5.41, 5.74) is 5.32. The van der Waals surface area contributed by atoms with E-state index in [2.05, 4.69) is 5.32 Å². The van der Waals surface area contributed by atoms with Gasteiger partial charge in [-0.05, 0) is 23.6 Å². The minimum Gasteiger partial charge on any atom is -0.370 e. The SMILES string of the molecule is CC(C)[C@H](N)C(=O)NCC(=O)N1CCOC(c2cccc(C(F)(F)F)c2)C1. The lowest BCUT2D eigenvalue weighted by Gasteiger charge is -2.33. The van der Waals surface area contributed by atoms with Crippen molar-refractivity contribution < 1.29 is 27.5 Å². The van der Waals surface area contributed by atoms with Crippen molar-refractivity contribution in [2.45, 2.75) is 32.2 Å². The average Bonchev–Trinajstić information content (AvgIpc) is 2.64. The molecule has 0 saturated carbocycles. The molecule has 1 fully saturated rings. The molecule has 2 rings (SSSR count). The Morgan fingerprint density at radius 3 is 2.70 bits per heavy atom. The van der Waals surface area contributed by atoms with Crippen LogP contribution in [0.1, 0.15) is 31.1 Å². The minimum absolute atomic E-state index is 0.0613. The van der Waals surface area contributed by atoms with Crippen molar-refractivity contribution in [3.8, 4) is 0 Å². The van der Waals surface area contributed by atoms with Crippen molar-refractivity contribution >= 4 is 11.8 Å². The summed E-state index contributed by atoms with van der Waals surface area (Å²) in [5, 5.41) is 2.50. The predicted molar refractivity (Wildman–Crippen MR) is 92.5 cm³/mol. The fourth-order valence-corrected chi connectivity index (χ4v) is 2.69. The number of amides is 2. The number of morpholine rings is 1. The molecular formula is C18H24F3N3O3. The Balaban J connectivity index is 1.97. The first-order valence-electron chi connectivity index (χ1n) is 8.69. The number of hydrogen-bond donors (Lipinski definition) is 2. The highest BCUT2D eigenvalue weighted by Gasteiger charge is 2.32. The molecule has 0 bridgehead atoms. The maximum atomic E-state index is 12.9. The number of nitrogens with one attached hydrogen (secondary N) is 1. The third kappa shape index (κ3) is 5.67. The van der Waals surface area contributed by atoms with E-state index >= 15 is 0 Å². The zero-order valence-corrected chi connectivity index (χ0v) is 15.3. The molecular weight excluding hydrogens is 363 g/mol. The summed E-state index contributed by atoms with van der Waals surface area (Å²) in [7, 11) is 0. The van der Waals surface area contributed by atoms with E-state index in [0.29, 0.717) is 12.1 Å². The summed E-state index contributed by atoms with van der Waals surface area (Å²) in [6, 6.07) is 4.16. The van der Waals surface area contributed by atoms with Crippen LogP contribution in [-0.2, 0) is 20.5 Å². The van der Waals surface area contributed by atoms with Gasteiger partial charge in [0.2, 0.25) is 11.8 Å². The number of nitrogens with two attached hydrogens (primary N) is 1. The molecule has 2 amide bonds. The van der Waals surface area contributed by atoms with Crippen molar-refractivity contribution in [3.05, 3.63) is 35.4 Å². The van der Waals surface area contributed by atoms with Crippen LogP contribution in [0.2, 0.25) is 0 Å². The minimum atomic E-state index is -4.44. The predicted octanol–water partition coefficient (Wildman–Crippen LogP) is 1.70. The molecule has 0 spiro atoms. The Labute approximate surface area is 155 Å². The largest absolute Gasteiger partial charge is 0.416 e. The van der Waals surface area contributed by atoms with Crippen LogP contribution in [-0.4, -0.2) is 49.0 Å². The van der Waals surface area contributed by atoms with Crippen LogP contribution in [0.15, 0.2) is 24.3 Å². The number of hydrogen-bond acceptors (Lipinski definition) is 4. The summed E-state index contributed by atoms with van der Waals surface area (Å²) in [6.45, 7) is 4.01. The van der Waals surface area contributed by atoms with E-state index in [1.807, 2.05) is 0 Å². The van der Waals surface area contributed by atoms with E-state index in [1.54, 1.807) is 13.8 Å². The topological polar surface area (TPSA) is 84.7 Å². The molecule has 9 heteroatoms. The second kappa shape index (κ2) is 8.71. The summed E-state index contributed by atoms with van der Waals surface area (Å²) in [4.78, 5) is 25.7. The van der Waals surface area contributed by atoms with Gasteiger partial charge in [0.1, 0.15) is 6.10 Å². The van der Waals surface area contributed by atoms with E-state index in [9.17, 15) is 22.8 Å². The monoisotopic (exact) mass is 387 g/mol. The highest BCUT2D eigenvalue weighted by Crippen LogP contribution is 2.32. The van der Waals surface area contributed by atoms with Crippen LogP contribution >= 0.6 is 0 Å². The quantitative estimate of drug-likeness (QED) is 0.806. The zero-order valence-electron chi connectivity index (χ0n) is 15.3. The average molecular weight is 387 g/mol. The lowest BCUT2D eigenvalue weighted by molar-refractivity contribution is -0.140. The smallest absolute Gasteiger partial charge is 0.370 e.